The van der Waals surface area contributed by atoms with Crippen molar-refractivity contribution in [1.82, 2.24) is 9.97 Å². The van der Waals surface area contributed by atoms with Crippen LogP contribution in [0, 0.1) is 0 Å². The number of nitrogens with zero attached hydrogens (tertiary/aromatic N) is 4. The van der Waals surface area contributed by atoms with Crippen LogP contribution in [-0.2, 0) is 11.2 Å². The molecular weight excluding hydrogens is 620 g/mol. The number of aryl methyl sites for hydroxylation is 1. The molecule has 0 aliphatic heterocycles. The van der Waals surface area contributed by atoms with Crippen molar-refractivity contribution < 1.29 is 19.8 Å². The van der Waals surface area contributed by atoms with E-state index in [2.05, 4.69) is 62.3 Å². The van der Waals surface area contributed by atoms with Crippen LogP contribution in [0.1, 0.15) is 22.3 Å². The summed E-state index contributed by atoms with van der Waals surface area (Å²) in [7, 11) is 0. The SMILES string of the molecule is O=C(CCc1ccc(C(=O)N=Nc2c(O)[nH]c3ccc(Br)cc23)cc1)N=Nc1c(O)[nH]c2ccc(Br)cc12. The predicted molar refractivity (Wildman–Crippen MR) is 148 cm³/mol. The van der Waals surface area contributed by atoms with Crippen LogP contribution in [0.4, 0.5) is 11.4 Å². The Morgan fingerprint density at radius 1 is 0.737 bits per heavy atom. The zero-order valence-corrected chi connectivity index (χ0v) is 22.6. The van der Waals surface area contributed by atoms with Gasteiger partial charge in [0, 0.05) is 31.7 Å². The number of halogens is 2. The van der Waals surface area contributed by atoms with Crippen LogP contribution >= 0.6 is 31.9 Å². The number of aromatic nitrogens is 2. The maximum absolute atomic E-state index is 12.5. The summed E-state index contributed by atoms with van der Waals surface area (Å²) in [6.45, 7) is 0. The highest BCUT2D eigenvalue weighted by molar-refractivity contribution is 9.10. The van der Waals surface area contributed by atoms with E-state index in [1.54, 1.807) is 48.5 Å². The predicted octanol–water partition coefficient (Wildman–Crippen LogP) is 7.75. The number of azo groups is 2. The summed E-state index contributed by atoms with van der Waals surface area (Å²) in [5.41, 5.74) is 2.84. The van der Waals surface area contributed by atoms with Crippen LogP contribution in [0.25, 0.3) is 21.8 Å². The highest BCUT2D eigenvalue weighted by Crippen LogP contribution is 2.38. The number of carbonyl (C=O) groups is 2. The molecule has 5 aromatic rings. The third kappa shape index (κ3) is 5.41. The van der Waals surface area contributed by atoms with Gasteiger partial charge in [-0.1, -0.05) is 44.0 Å². The van der Waals surface area contributed by atoms with Crippen molar-refractivity contribution in [1.29, 1.82) is 0 Å². The van der Waals surface area contributed by atoms with Gasteiger partial charge in [-0.3, -0.25) is 9.59 Å². The molecular formula is C26H18Br2N6O4. The fraction of sp³-hybridized carbons (Fsp3) is 0.0769. The fourth-order valence-corrected chi connectivity index (χ4v) is 4.57. The zero-order chi connectivity index (χ0) is 26.8. The maximum atomic E-state index is 12.5. The Balaban J connectivity index is 1.21. The minimum Gasteiger partial charge on any atom is -0.493 e. The molecule has 0 saturated heterocycles. The number of aromatic amines is 2. The smallest absolute Gasteiger partial charge is 0.295 e. The van der Waals surface area contributed by atoms with E-state index >= 15 is 0 Å². The Bertz CT molecular complexity index is 1760. The molecule has 0 atom stereocenters. The van der Waals surface area contributed by atoms with Gasteiger partial charge in [0.15, 0.2) is 11.4 Å². The zero-order valence-electron chi connectivity index (χ0n) is 19.4. The maximum Gasteiger partial charge on any atom is 0.295 e. The third-order valence-corrected chi connectivity index (χ3v) is 6.75. The molecule has 5 rings (SSSR count). The molecule has 0 saturated carbocycles. The molecule has 12 heteroatoms. The second-order valence-electron chi connectivity index (χ2n) is 8.32. The summed E-state index contributed by atoms with van der Waals surface area (Å²) in [5.74, 6) is -1.37. The number of fused-ring (bicyclic) bond motifs is 2. The molecule has 10 nitrogen and oxygen atoms in total. The van der Waals surface area contributed by atoms with Gasteiger partial charge in [-0.25, -0.2) is 0 Å². The Labute approximate surface area is 231 Å². The number of rotatable bonds is 6. The lowest BCUT2D eigenvalue weighted by Gasteiger charge is -2.00. The van der Waals surface area contributed by atoms with Crippen molar-refractivity contribution in [3.63, 3.8) is 0 Å². The molecule has 0 aliphatic rings. The Kier molecular flexibility index (Phi) is 7.16. The fourth-order valence-electron chi connectivity index (χ4n) is 3.85. The van der Waals surface area contributed by atoms with Crippen molar-refractivity contribution in [2.45, 2.75) is 12.8 Å². The Morgan fingerprint density at radius 2 is 1.26 bits per heavy atom. The first-order chi connectivity index (χ1) is 18.3. The molecule has 0 aliphatic carbocycles. The topological polar surface area (TPSA) is 156 Å². The van der Waals surface area contributed by atoms with Crippen LogP contribution in [0.5, 0.6) is 11.8 Å². The van der Waals surface area contributed by atoms with Crippen LogP contribution in [0.3, 0.4) is 0 Å². The summed E-state index contributed by atoms with van der Waals surface area (Å²) < 4.78 is 1.60. The highest BCUT2D eigenvalue weighted by Gasteiger charge is 2.13. The van der Waals surface area contributed by atoms with E-state index in [-0.39, 0.29) is 29.6 Å². The van der Waals surface area contributed by atoms with Gasteiger partial charge < -0.3 is 20.2 Å². The number of aromatic hydroxyl groups is 2. The van der Waals surface area contributed by atoms with E-state index in [4.69, 9.17) is 0 Å². The van der Waals surface area contributed by atoms with E-state index in [9.17, 15) is 19.8 Å². The van der Waals surface area contributed by atoms with Gasteiger partial charge in [-0.15, -0.1) is 20.5 Å². The summed E-state index contributed by atoms with van der Waals surface area (Å²) in [6.07, 6.45) is 0.482. The molecule has 0 spiro atoms. The Morgan fingerprint density at radius 3 is 1.82 bits per heavy atom. The summed E-state index contributed by atoms with van der Waals surface area (Å²) in [4.78, 5) is 30.4. The van der Waals surface area contributed by atoms with E-state index in [1.807, 2.05) is 12.1 Å². The average molecular weight is 638 g/mol. The van der Waals surface area contributed by atoms with Gasteiger partial charge in [0.2, 0.25) is 11.8 Å². The van der Waals surface area contributed by atoms with E-state index in [1.165, 1.54) is 0 Å². The summed E-state index contributed by atoms with van der Waals surface area (Å²) in [6, 6.07) is 17.4. The first kappa shape index (κ1) is 25.5. The molecule has 0 fully saturated rings. The van der Waals surface area contributed by atoms with Crippen LogP contribution in [0.2, 0.25) is 0 Å². The standard InChI is InChI=1S/C26H18Br2N6O4/c27-15-6-8-19-17(11-15)22(25(37)29-19)32-31-21(35)10-3-13-1-4-14(5-2-13)24(36)34-33-23-18-12-16(28)7-9-20(18)30-26(23)38/h1-2,4-9,11-12,29-30,37-38H,3,10H2. The van der Waals surface area contributed by atoms with E-state index in [0.29, 0.717) is 33.8 Å². The number of H-pyrrole nitrogens is 2. The second-order valence-corrected chi connectivity index (χ2v) is 10.2. The van der Waals surface area contributed by atoms with Crippen LogP contribution in [-0.4, -0.2) is 32.0 Å². The van der Waals surface area contributed by atoms with Crippen molar-refractivity contribution in [3.8, 4) is 11.8 Å². The molecule has 2 heterocycles. The van der Waals surface area contributed by atoms with Crippen molar-refractivity contribution in [2.24, 2.45) is 20.5 Å². The van der Waals surface area contributed by atoms with E-state index < -0.39 is 11.8 Å². The minimum atomic E-state index is -0.574. The molecule has 0 unspecified atom stereocenters. The lowest BCUT2D eigenvalue weighted by atomic mass is 10.1. The third-order valence-electron chi connectivity index (χ3n) is 5.76. The number of benzene rings is 3. The van der Waals surface area contributed by atoms with Gasteiger partial charge in [0.05, 0.1) is 11.0 Å². The first-order valence-electron chi connectivity index (χ1n) is 11.3. The summed E-state index contributed by atoms with van der Waals surface area (Å²) >= 11 is 6.74. The van der Waals surface area contributed by atoms with Gasteiger partial charge >= 0.3 is 0 Å². The molecule has 0 radical (unpaired) electrons. The number of amides is 2. The molecule has 190 valence electrons. The van der Waals surface area contributed by atoms with Crippen LogP contribution < -0.4 is 0 Å². The molecule has 0 bridgehead atoms. The minimum absolute atomic E-state index is 0.0959. The van der Waals surface area contributed by atoms with Crippen molar-refractivity contribution in [2.75, 3.05) is 0 Å². The van der Waals surface area contributed by atoms with Gasteiger partial charge in [-0.2, -0.15) is 0 Å². The molecule has 4 N–H and O–H groups in total. The largest absolute Gasteiger partial charge is 0.493 e. The molecule has 2 aromatic heterocycles. The molecule has 2 amide bonds. The van der Waals surface area contributed by atoms with Crippen LogP contribution in [0.15, 0.2) is 90.1 Å². The Hall–Kier alpha value is -4.16. The number of hydrogen-bond donors (Lipinski definition) is 4. The lowest BCUT2D eigenvalue weighted by molar-refractivity contribution is -0.118. The van der Waals surface area contributed by atoms with Crippen molar-refractivity contribution >= 4 is 76.9 Å². The average Bonchev–Trinajstić information content (AvgIpc) is 3.38. The monoisotopic (exact) mass is 636 g/mol. The van der Waals surface area contributed by atoms with Gasteiger partial charge in [0.1, 0.15) is 0 Å². The van der Waals surface area contributed by atoms with Gasteiger partial charge in [-0.05, 0) is 60.5 Å². The second kappa shape index (κ2) is 10.7. The lowest BCUT2D eigenvalue weighted by Crippen LogP contribution is -1.97. The van der Waals surface area contributed by atoms with E-state index in [0.717, 1.165) is 14.5 Å². The summed E-state index contributed by atoms with van der Waals surface area (Å²) in [5, 5.41) is 36.8. The highest BCUT2D eigenvalue weighted by atomic mass is 79.9. The normalized spacial score (nSPS) is 11.8. The number of hydrogen-bond acceptors (Lipinski definition) is 6. The van der Waals surface area contributed by atoms with Crippen molar-refractivity contribution in [3.05, 3.63) is 80.7 Å². The quantitative estimate of drug-likeness (QED) is 0.140. The molecule has 3 aromatic carbocycles. The number of carbonyl (C=O) groups excluding carboxylic acids is 2. The number of nitrogens with one attached hydrogen (secondary N) is 2. The first-order valence-corrected chi connectivity index (χ1v) is 12.9. The van der Waals surface area contributed by atoms with Gasteiger partial charge in [0.25, 0.3) is 11.8 Å². The molecule has 38 heavy (non-hydrogen) atoms.